The van der Waals surface area contributed by atoms with Gasteiger partial charge in [-0.05, 0) is 31.5 Å². The number of hydrogen-bond donors (Lipinski definition) is 0. The number of aromatic nitrogens is 2. The molecule has 0 saturated heterocycles. The quantitative estimate of drug-likeness (QED) is 0.795. The summed E-state index contributed by atoms with van der Waals surface area (Å²) in [6.45, 7) is 4.51. The van der Waals surface area contributed by atoms with E-state index < -0.39 is 0 Å². The van der Waals surface area contributed by atoms with Gasteiger partial charge in [0.05, 0.1) is 17.2 Å². The number of aryl methyl sites for hydroxylation is 2. The van der Waals surface area contributed by atoms with Gasteiger partial charge in [0.1, 0.15) is 0 Å². The molecule has 1 aromatic heterocycles. The van der Waals surface area contributed by atoms with Gasteiger partial charge in [-0.25, -0.2) is 4.98 Å². The van der Waals surface area contributed by atoms with Gasteiger partial charge in [0.25, 0.3) is 5.56 Å². The van der Waals surface area contributed by atoms with Crippen molar-refractivity contribution in [2.24, 2.45) is 0 Å². The SMILES string of the molecule is CCn1cnc2ccc(Br)c(C)c2c1=O. The van der Waals surface area contributed by atoms with Gasteiger partial charge in [-0.15, -0.1) is 0 Å². The lowest BCUT2D eigenvalue weighted by Gasteiger charge is -2.06. The lowest BCUT2D eigenvalue weighted by atomic mass is 10.1. The molecular weight excluding hydrogens is 256 g/mol. The minimum atomic E-state index is 0.0290. The summed E-state index contributed by atoms with van der Waals surface area (Å²) in [7, 11) is 0. The minimum Gasteiger partial charge on any atom is -0.299 e. The Labute approximate surface area is 95.9 Å². The van der Waals surface area contributed by atoms with Crippen LogP contribution in [0.2, 0.25) is 0 Å². The molecule has 4 heteroatoms. The lowest BCUT2D eigenvalue weighted by Crippen LogP contribution is -2.20. The molecule has 0 bridgehead atoms. The van der Waals surface area contributed by atoms with Crippen molar-refractivity contribution in [3.05, 3.63) is 38.9 Å². The van der Waals surface area contributed by atoms with Crippen LogP contribution in [0, 0.1) is 6.92 Å². The molecule has 2 aromatic rings. The lowest BCUT2D eigenvalue weighted by molar-refractivity contribution is 0.717. The first-order valence-electron chi connectivity index (χ1n) is 4.79. The Morgan fingerprint density at radius 3 is 2.87 bits per heavy atom. The number of benzene rings is 1. The maximum absolute atomic E-state index is 12.0. The zero-order valence-electron chi connectivity index (χ0n) is 8.62. The van der Waals surface area contributed by atoms with Crippen LogP contribution < -0.4 is 5.56 Å². The molecule has 2 rings (SSSR count). The van der Waals surface area contributed by atoms with E-state index in [1.54, 1.807) is 10.9 Å². The van der Waals surface area contributed by atoms with Crippen molar-refractivity contribution >= 4 is 26.8 Å². The molecule has 0 radical (unpaired) electrons. The molecule has 0 unspecified atom stereocenters. The molecule has 15 heavy (non-hydrogen) atoms. The van der Waals surface area contributed by atoms with E-state index in [9.17, 15) is 4.79 Å². The molecule has 1 aromatic carbocycles. The summed E-state index contributed by atoms with van der Waals surface area (Å²) in [5, 5.41) is 0.703. The summed E-state index contributed by atoms with van der Waals surface area (Å²) >= 11 is 3.42. The van der Waals surface area contributed by atoms with Crippen LogP contribution in [0.4, 0.5) is 0 Å². The molecule has 0 N–H and O–H groups in total. The molecule has 0 aliphatic rings. The molecule has 1 heterocycles. The molecule has 0 aliphatic heterocycles. The second kappa shape index (κ2) is 3.77. The van der Waals surface area contributed by atoms with Gasteiger partial charge in [0.15, 0.2) is 0 Å². The van der Waals surface area contributed by atoms with E-state index in [1.165, 1.54) is 0 Å². The van der Waals surface area contributed by atoms with E-state index in [-0.39, 0.29) is 5.56 Å². The number of hydrogen-bond acceptors (Lipinski definition) is 2. The summed E-state index contributed by atoms with van der Waals surface area (Å²) in [6, 6.07) is 3.77. The van der Waals surface area contributed by atoms with Crippen LogP contribution in [-0.2, 0) is 6.54 Å². The smallest absolute Gasteiger partial charge is 0.261 e. The molecule has 0 saturated carbocycles. The van der Waals surface area contributed by atoms with Gasteiger partial charge in [0.2, 0.25) is 0 Å². The average molecular weight is 267 g/mol. The summed E-state index contributed by atoms with van der Waals surface area (Å²) in [6.07, 6.45) is 1.60. The molecule has 0 aliphatic carbocycles. The standard InChI is InChI=1S/C11H11BrN2O/c1-3-14-6-13-9-5-4-8(12)7(2)10(9)11(14)15/h4-6H,3H2,1-2H3. The largest absolute Gasteiger partial charge is 0.299 e. The molecule has 0 fully saturated rings. The van der Waals surface area contributed by atoms with E-state index in [1.807, 2.05) is 26.0 Å². The van der Waals surface area contributed by atoms with Gasteiger partial charge in [-0.3, -0.25) is 9.36 Å². The summed E-state index contributed by atoms with van der Waals surface area (Å²) < 4.78 is 2.56. The molecule has 0 spiro atoms. The second-order valence-corrected chi connectivity index (χ2v) is 4.26. The molecule has 3 nitrogen and oxygen atoms in total. The van der Waals surface area contributed by atoms with Crippen LogP contribution in [-0.4, -0.2) is 9.55 Å². The van der Waals surface area contributed by atoms with Gasteiger partial charge in [0, 0.05) is 11.0 Å². The first-order chi connectivity index (χ1) is 7.15. The Morgan fingerprint density at radius 1 is 1.47 bits per heavy atom. The third-order valence-corrected chi connectivity index (χ3v) is 3.39. The fourth-order valence-electron chi connectivity index (χ4n) is 1.60. The van der Waals surface area contributed by atoms with Crippen LogP contribution in [0.3, 0.4) is 0 Å². The molecule has 0 atom stereocenters. The van der Waals surface area contributed by atoms with Crippen LogP contribution in [0.1, 0.15) is 12.5 Å². The summed E-state index contributed by atoms with van der Waals surface area (Å²) in [5.74, 6) is 0. The number of nitrogens with zero attached hydrogens (tertiary/aromatic N) is 2. The Hall–Kier alpha value is -1.16. The maximum atomic E-state index is 12.0. The highest BCUT2D eigenvalue weighted by Crippen LogP contribution is 2.21. The number of rotatable bonds is 1. The molecular formula is C11H11BrN2O. The van der Waals surface area contributed by atoms with Crippen LogP contribution in [0.15, 0.2) is 27.7 Å². The zero-order valence-corrected chi connectivity index (χ0v) is 10.2. The van der Waals surface area contributed by atoms with Gasteiger partial charge in [-0.1, -0.05) is 15.9 Å². The third kappa shape index (κ3) is 1.59. The summed E-state index contributed by atoms with van der Waals surface area (Å²) in [5.41, 5.74) is 1.74. The number of fused-ring (bicyclic) bond motifs is 1. The highest BCUT2D eigenvalue weighted by Gasteiger charge is 2.07. The second-order valence-electron chi connectivity index (χ2n) is 3.40. The summed E-state index contributed by atoms with van der Waals surface area (Å²) in [4.78, 5) is 16.3. The van der Waals surface area contributed by atoms with Crippen LogP contribution in [0.25, 0.3) is 10.9 Å². The van der Waals surface area contributed by atoms with Crippen molar-refractivity contribution in [2.45, 2.75) is 20.4 Å². The first kappa shape index (κ1) is 10.4. The van der Waals surface area contributed by atoms with Crippen LogP contribution in [0.5, 0.6) is 0 Å². The van der Waals surface area contributed by atoms with Crippen molar-refractivity contribution in [2.75, 3.05) is 0 Å². The average Bonchev–Trinajstić information content (AvgIpc) is 2.24. The number of halogens is 1. The van der Waals surface area contributed by atoms with Crippen molar-refractivity contribution in [1.29, 1.82) is 0 Å². The zero-order chi connectivity index (χ0) is 11.0. The maximum Gasteiger partial charge on any atom is 0.261 e. The van der Waals surface area contributed by atoms with Gasteiger partial charge >= 0.3 is 0 Å². The monoisotopic (exact) mass is 266 g/mol. The van der Waals surface area contributed by atoms with Crippen molar-refractivity contribution in [1.82, 2.24) is 9.55 Å². The van der Waals surface area contributed by atoms with Crippen LogP contribution >= 0.6 is 15.9 Å². The Balaban J connectivity index is 2.96. The van der Waals surface area contributed by atoms with E-state index in [0.29, 0.717) is 11.9 Å². The fourth-order valence-corrected chi connectivity index (χ4v) is 1.93. The topological polar surface area (TPSA) is 34.9 Å². The molecule has 0 amide bonds. The Morgan fingerprint density at radius 2 is 2.20 bits per heavy atom. The first-order valence-corrected chi connectivity index (χ1v) is 5.58. The van der Waals surface area contributed by atoms with Crippen molar-refractivity contribution in [3.8, 4) is 0 Å². The Kier molecular flexibility index (Phi) is 2.61. The van der Waals surface area contributed by atoms with E-state index >= 15 is 0 Å². The normalized spacial score (nSPS) is 10.9. The predicted molar refractivity (Wildman–Crippen MR) is 64.1 cm³/mol. The van der Waals surface area contributed by atoms with E-state index in [2.05, 4.69) is 20.9 Å². The highest BCUT2D eigenvalue weighted by atomic mass is 79.9. The highest BCUT2D eigenvalue weighted by molar-refractivity contribution is 9.10. The fraction of sp³-hybridized carbons (Fsp3) is 0.273. The molecule has 78 valence electrons. The van der Waals surface area contributed by atoms with Crippen molar-refractivity contribution in [3.63, 3.8) is 0 Å². The predicted octanol–water partition coefficient (Wildman–Crippen LogP) is 2.49. The third-order valence-electron chi connectivity index (χ3n) is 2.53. The van der Waals surface area contributed by atoms with E-state index in [4.69, 9.17) is 0 Å². The van der Waals surface area contributed by atoms with Crippen molar-refractivity contribution < 1.29 is 0 Å². The van der Waals surface area contributed by atoms with Gasteiger partial charge < -0.3 is 0 Å². The van der Waals surface area contributed by atoms with Gasteiger partial charge in [-0.2, -0.15) is 0 Å². The Bertz CT molecular complexity index is 575. The minimum absolute atomic E-state index is 0.0290. The van der Waals surface area contributed by atoms with E-state index in [0.717, 1.165) is 15.6 Å².